The molecule has 1 unspecified atom stereocenters. The van der Waals surface area contributed by atoms with Crippen LogP contribution in [-0.2, 0) is 4.79 Å². The van der Waals surface area contributed by atoms with Crippen molar-refractivity contribution in [2.75, 3.05) is 5.32 Å². The summed E-state index contributed by atoms with van der Waals surface area (Å²) in [5, 5.41) is 5.11. The van der Waals surface area contributed by atoms with Gasteiger partial charge in [0.1, 0.15) is 0 Å². The van der Waals surface area contributed by atoms with Crippen LogP contribution in [0.3, 0.4) is 0 Å². The zero-order valence-corrected chi connectivity index (χ0v) is 12.9. The molecule has 3 nitrogen and oxygen atoms in total. The molecule has 0 bridgehead atoms. The maximum Gasteiger partial charge on any atom is 0.237 e. The Morgan fingerprint density at radius 3 is 2.84 bits per heavy atom. The van der Waals surface area contributed by atoms with E-state index in [9.17, 15) is 4.79 Å². The van der Waals surface area contributed by atoms with Crippen molar-refractivity contribution in [1.82, 2.24) is 4.98 Å². The quantitative estimate of drug-likeness (QED) is 0.859. The van der Waals surface area contributed by atoms with Crippen LogP contribution >= 0.6 is 34.7 Å². The molecule has 2 aromatic rings. The average molecular weight is 313 g/mol. The Balaban J connectivity index is 1.98. The number of rotatable bonds is 4. The SMILES string of the molecule is Cc1csc(SC(C)C(=O)Nc2ccccc2Cl)n1. The number of benzene rings is 1. The lowest BCUT2D eigenvalue weighted by Gasteiger charge is -2.11. The average Bonchev–Trinajstić information content (AvgIpc) is 2.77. The molecule has 0 aliphatic rings. The van der Waals surface area contributed by atoms with E-state index < -0.39 is 0 Å². The normalized spacial score (nSPS) is 12.2. The molecule has 0 saturated carbocycles. The second kappa shape index (κ2) is 6.41. The van der Waals surface area contributed by atoms with Crippen LogP contribution in [0.4, 0.5) is 5.69 Å². The van der Waals surface area contributed by atoms with Gasteiger partial charge in [-0.3, -0.25) is 4.79 Å². The number of aromatic nitrogens is 1. The van der Waals surface area contributed by atoms with Gasteiger partial charge in [0.05, 0.1) is 16.0 Å². The molecule has 0 saturated heterocycles. The molecule has 6 heteroatoms. The van der Waals surface area contributed by atoms with Gasteiger partial charge in [-0.25, -0.2) is 4.98 Å². The molecule has 1 N–H and O–H groups in total. The first-order valence-corrected chi connectivity index (χ1v) is 7.84. The molecule has 0 fully saturated rings. The highest BCUT2D eigenvalue weighted by atomic mass is 35.5. The van der Waals surface area contributed by atoms with E-state index in [4.69, 9.17) is 11.6 Å². The Morgan fingerprint density at radius 2 is 2.21 bits per heavy atom. The summed E-state index contributed by atoms with van der Waals surface area (Å²) in [6.07, 6.45) is 0. The number of anilines is 1. The van der Waals surface area contributed by atoms with Crippen LogP contribution in [0.1, 0.15) is 12.6 Å². The third kappa shape index (κ3) is 3.96. The Kier molecular flexibility index (Phi) is 4.85. The number of hydrogen-bond acceptors (Lipinski definition) is 4. The van der Waals surface area contributed by atoms with Crippen LogP contribution in [0, 0.1) is 6.92 Å². The summed E-state index contributed by atoms with van der Waals surface area (Å²) in [4.78, 5) is 16.4. The number of carbonyl (C=O) groups is 1. The highest BCUT2D eigenvalue weighted by Gasteiger charge is 2.17. The van der Waals surface area contributed by atoms with Crippen molar-refractivity contribution in [2.24, 2.45) is 0 Å². The molecule has 1 aromatic carbocycles. The van der Waals surface area contributed by atoms with Crippen LogP contribution < -0.4 is 5.32 Å². The summed E-state index contributed by atoms with van der Waals surface area (Å²) >= 11 is 9.01. The summed E-state index contributed by atoms with van der Waals surface area (Å²) in [5.41, 5.74) is 1.61. The molecule has 1 heterocycles. The van der Waals surface area contributed by atoms with Crippen molar-refractivity contribution in [3.8, 4) is 0 Å². The van der Waals surface area contributed by atoms with Crippen molar-refractivity contribution in [2.45, 2.75) is 23.4 Å². The van der Waals surface area contributed by atoms with E-state index in [1.165, 1.54) is 11.8 Å². The van der Waals surface area contributed by atoms with E-state index in [2.05, 4.69) is 10.3 Å². The molecule has 1 amide bonds. The largest absolute Gasteiger partial charge is 0.324 e. The number of carbonyl (C=O) groups excluding carboxylic acids is 1. The summed E-state index contributed by atoms with van der Waals surface area (Å²) in [5.74, 6) is -0.0778. The zero-order valence-electron chi connectivity index (χ0n) is 10.5. The maximum atomic E-state index is 12.1. The van der Waals surface area contributed by atoms with Crippen LogP contribution in [0.2, 0.25) is 5.02 Å². The minimum absolute atomic E-state index is 0.0778. The summed E-state index contributed by atoms with van der Waals surface area (Å²) in [7, 11) is 0. The molecular formula is C13H13ClN2OS2. The molecule has 100 valence electrons. The molecule has 0 spiro atoms. The first kappa shape index (κ1) is 14.4. The van der Waals surface area contributed by atoms with E-state index in [-0.39, 0.29) is 11.2 Å². The van der Waals surface area contributed by atoms with Gasteiger partial charge in [-0.05, 0) is 26.0 Å². The molecule has 1 aromatic heterocycles. The molecule has 0 radical (unpaired) electrons. The lowest BCUT2D eigenvalue weighted by molar-refractivity contribution is -0.115. The second-order valence-corrected chi connectivity index (χ2v) is 6.84. The third-order valence-corrected chi connectivity index (χ3v) is 4.90. The van der Waals surface area contributed by atoms with Gasteiger partial charge in [0.15, 0.2) is 4.34 Å². The van der Waals surface area contributed by atoms with E-state index in [1.54, 1.807) is 23.5 Å². The molecule has 2 rings (SSSR count). The molecule has 1 atom stereocenters. The minimum Gasteiger partial charge on any atom is -0.324 e. The van der Waals surface area contributed by atoms with Crippen molar-refractivity contribution in [3.05, 3.63) is 40.4 Å². The summed E-state index contributed by atoms with van der Waals surface area (Å²) in [6, 6.07) is 7.20. The van der Waals surface area contributed by atoms with Gasteiger partial charge in [0.2, 0.25) is 5.91 Å². The number of para-hydroxylation sites is 1. The Hall–Kier alpha value is -1.04. The molecule has 19 heavy (non-hydrogen) atoms. The van der Waals surface area contributed by atoms with Crippen LogP contribution in [0.15, 0.2) is 34.0 Å². The number of nitrogens with one attached hydrogen (secondary N) is 1. The predicted molar refractivity (Wildman–Crippen MR) is 82.3 cm³/mol. The highest BCUT2D eigenvalue weighted by Crippen LogP contribution is 2.28. The van der Waals surface area contributed by atoms with E-state index in [0.29, 0.717) is 10.7 Å². The van der Waals surface area contributed by atoms with Gasteiger partial charge in [0, 0.05) is 11.1 Å². The first-order chi connectivity index (χ1) is 9.06. The summed E-state index contributed by atoms with van der Waals surface area (Å²) in [6.45, 7) is 3.79. The fourth-order valence-corrected chi connectivity index (χ4v) is 3.56. The zero-order chi connectivity index (χ0) is 13.8. The Labute approximate surface area is 125 Å². The van der Waals surface area contributed by atoms with Crippen LogP contribution in [0.5, 0.6) is 0 Å². The second-order valence-electron chi connectivity index (χ2n) is 3.98. The fraction of sp³-hybridized carbons (Fsp3) is 0.231. The minimum atomic E-state index is -0.221. The van der Waals surface area contributed by atoms with Crippen molar-refractivity contribution in [1.29, 1.82) is 0 Å². The van der Waals surface area contributed by atoms with Gasteiger partial charge in [0.25, 0.3) is 0 Å². The van der Waals surface area contributed by atoms with Crippen LogP contribution in [-0.4, -0.2) is 16.1 Å². The van der Waals surface area contributed by atoms with Gasteiger partial charge >= 0.3 is 0 Å². The van der Waals surface area contributed by atoms with E-state index >= 15 is 0 Å². The third-order valence-electron chi connectivity index (χ3n) is 2.38. The van der Waals surface area contributed by atoms with Gasteiger partial charge < -0.3 is 5.32 Å². The monoisotopic (exact) mass is 312 g/mol. The molecular weight excluding hydrogens is 300 g/mol. The van der Waals surface area contributed by atoms with E-state index in [0.717, 1.165) is 10.0 Å². The van der Waals surface area contributed by atoms with Crippen molar-refractivity contribution < 1.29 is 4.79 Å². The topological polar surface area (TPSA) is 42.0 Å². The lowest BCUT2D eigenvalue weighted by atomic mass is 10.3. The van der Waals surface area contributed by atoms with Gasteiger partial charge in [-0.15, -0.1) is 11.3 Å². The molecule has 0 aliphatic carbocycles. The first-order valence-electron chi connectivity index (χ1n) is 5.70. The van der Waals surface area contributed by atoms with E-state index in [1.807, 2.05) is 31.4 Å². The number of thiazole rings is 1. The number of aryl methyl sites for hydroxylation is 1. The standard InChI is InChI=1S/C13H13ClN2OS2/c1-8-7-18-13(15-8)19-9(2)12(17)16-11-6-4-3-5-10(11)14/h3-7,9H,1-2H3,(H,16,17). The van der Waals surface area contributed by atoms with Crippen molar-refractivity contribution in [3.63, 3.8) is 0 Å². The summed E-state index contributed by atoms with van der Waals surface area (Å²) < 4.78 is 0.902. The lowest BCUT2D eigenvalue weighted by Crippen LogP contribution is -2.22. The number of nitrogens with zero attached hydrogens (tertiary/aromatic N) is 1. The number of amides is 1. The Bertz CT molecular complexity index is 586. The van der Waals surface area contributed by atoms with Gasteiger partial charge in [-0.2, -0.15) is 0 Å². The highest BCUT2D eigenvalue weighted by molar-refractivity contribution is 8.02. The fourth-order valence-electron chi connectivity index (χ4n) is 1.39. The van der Waals surface area contributed by atoms with Gasteiger partial charge in [-0.1, -0.05) is 35.5 Å². The maximum absolute atomic E-state index is 12.1. The Morgan fingerprint density at radius 1 is 1.47 bits per heavy atom. The number of hydrogen-bond donors (Lipinski definition) is 1. The smallest absolute Gasteiger partial charge is 0.237 e. The van der Waals surface area contributed by atoms with Crippen LogP contribution in [0.25, 0.3) is 0 Å². The molecule has 0 aliphatic heterocycles. The number of halogens is 1. The van der Waals surface area contributed by atoms with Crippen molar-refractivity contribution >= 4 is 46.3 Å². The predicted octanol–water partition coefficient (Wildman–Crippen LogP) is 4.22. The number of thioether (sulfide) groups is 1.